The van der Waals surface area contributed by atoms with Gasteiger partial charge in [-0.3, -0.25) is 0 Å². The fraction of sp³-hybridized carbons (Fsp3) is 0.636. The van der Waals surface area contributed by atoms with E-state index in [4.69, 9.17) is 4.74 Å². The van der Waals surface area contributed by atoms with Crippen molar-refractivity contribution in [2.75, 3.05) is 6.61 Å². The van der Waals surface area contributed by atoms with E-state index < -0.39 is 6.10 Å². The smallest absolute Gasteiger partial charge is 0.103 e. The molecule has 0 aromatic carbocycles. The van der Waals surface area contributed by atoms with Gasteiger partial charge in [-0.1, -0.05) is 0 Å². The average Bonchev–Trinajstić information content (AvgIpc) is 2.46. The summed E-state index contributed by atoms with van der Waals surface area (Å²) >= 11 is 1.65. The molecule has 1 aromatic rings. The molecule has 0 aliphatic carbocycles. The molecule has 1 unspecified atom stereocenters. The zero-order chi connectivity index (χ0) is 10.8. The minimum absolute atomic E-state index is 0.188. The molecule has 14 heavy (non-hydrogen) atoms. The highest BCUT2D eigenvalue weighted by molar-refractivity contribution is 7.10. The monoisotopic (exact) mass is 214 g/mol. The summed E-state index contributed by atoms with van der Waals surface area (Å²) in [6.07, 6.45) is -0.501. The molecule has 0 amide bonds. The largest absolute Gasteiger partial charge is 0.386 e. The van der Waals surface area contributed by atoms with Gasteiger partial charge < -0.3 is 9.84 Å². The molecule has 0 saturated heterocycles. The summed E-state index contributed by atoms with van der Waals surface area (Å²) in [6.45, 7) is 8.35. The summed E-state index contributed by atoms with van der Waals surface area (Å²) in [6, 6.07) is 2.00. The molecule has 0 bridgehead atoms. The Bertz CT molecular complexity index is 286. The molecule has 2 nitrogen and oxygen atoms in total. The van der Waals surface area contributed by atoms with Crippen LogP contribution in [0.5, 0.6) is 0 Å². The van der Waals surface area contributed by atoms with Crippen molar-refractivity contribution in [3.05, 3.63) is 21.9 Å². The number of thiophene rings is 1. The molecule has 0 radical (unpaired) electrons. The van der Waals surface area contributed by atoms with Crippen molar-refractivity contribution in [1.82, 2.24) is 0 Å². The maximum Gasteiger partial charge on any atom is 0.103 e. The Balaban J connectivity index is 2.47. The Morgan fingerprint density at radius 3 is 2.57 bits per heavy atom. The maximum absolute atomic E-state index is 9.78. The van der Waals surface area contributed by atoms with Crippen molar-refractivity contribution in [3.8, 4) is 0 Å². The average molecular weight is 214 g/mol. The highest BCUT2D eigenvalue weighted by Crippen LogP contribution is 2.21. The van der Waals surface area contributed by atoms with Crippen molar-refractivity contribution in [1.29, 1.82) is 0 Å². The van der Waals surface area contributed by atoms with Crippen LogP contribution in [0.25, 0.3) is 0 Å². The Kier molecular flexibility index (Phi) is 3.70. The SMILES string of the molecule is Cc1cc(C(O)COC(C)(C)C)cs1. The van der Waals surface area contributed by atoms with Crippen molar-refractivity contribution in [2.24, 2.45) is 0 Å². The quantitative estimate of drug-likeness (QED) is 0.838. The first-order valence-electron chi connectivity index (χ1n) is 4.75. The van der Waals surface area contributed by atoms with E-state index in [1.165, 1.54) is 4.88 Å². The Morgan fingerprint density at radius 2 is 2.14 bits per heavy atom. The zero-order valence-corrected chi connectivity index (χ0v) is 10.0. The number of ether oxygens (including phenoxy) is 1. The first kappa shape index (κ1) is 11.7. The van der Waals surface area contributed by atoms with Gasteiger partial charge in [-0.05, 0) is 44.7 Å². The second-order valence-corrected chi connectivity index (χ2v) is 5.55. The van der Waals surface area contributed by atoms with Crippen molar-refractivity contribution >= 4 is 11.3 Å². The number of hydrogen-bond acceptors (Lipinski definition) is 3. The van der Waals surface area contributed by atoms with Gasteiger partial charge in [-0.2, -0.15) is 0 Å². The standard InChI is InChI=1S/C11H18O2S/c1-8-5-9(7-14-8)10(12)6-13-11(2,3)4/h5,7,10,12H,6H2,1-4H3. The molecule has 0 aliphatic rings. The summed E-state index contributed by atoms with van der Waals surface area (Å²) in [4.78, 5) is 1.22. The molecule has 0 spiro atoms. The Hall–Kier alpha value is -0.380. The second kappa shape index (κ2) is 4.43. The molecule has 1 N–H and O–H groups in total. The highest BCUT2D eigenvalue weighted by Gasteiger charge is 2.15. The molecule has 0 aliphatic heterocycles. The van der Waals surface area contributed by atoms with E-state index in [9.17, 15) is 5.11 Å². The lowest BCUT2D eigenvalue weighted by Crippen LogP contribution is -2.22. The Labute approximate surface area is 89.5 Å². The van der Waals surface area contributed by atoms with Crippen LogP contribution in [0.1, 0.15) is 37.3 Å². The van der Waals surface area contributed by atoms with Crippen molar-refractivity contribution in [2.45, 2.75) is 39.4 Å². The Morgan fingerprint density at radius 1 is 1.50 bits per heavy atom. The second-order valence-electron chi connectivity index (χ2n) is 4.43. The number of aliphatic hydroxyl groups excluding tert-OH is 1. The van der Waals surface area contributed by atoms with E-state index >= 15 is 0 Å². The molecular formula is C11H18O2S. The summed E-state index contributed by atoms with van der Waals surface area (Å²) < 4.78 is 5.51. The van der Waals surface area contributed by atoms with Gasteiger partial charge in [-0.15, -0.1) is 11.3 Å². The van der Waals surface area contributed by atoms with Crippen molar-refractivity contribution in [3.63, 3.8) is 0 Å². The lowest BCUT2D eigenvalue weighted by atomic mass is 10.1. The molecular weight excluding hydrogens is 196 g/mol. The van der Waals surface area contributed by atoms with Gasteiger partial charge in [-0.25, -0.2) is 0 Å². The molecule has 1 atom stereocenters. The summed E-state index contributed by atoms with van der Waals surface area (Å²) in [5, 5.41) is 11.8. The molecule has 80 valence electrons. The number of aryl methyl sites for hydroxylation is 1. The van der Waals surface area contributed by atoms with Gasteiger partial charge in [0.05, 0.1) is 12.2 Å². The minimum Gasteiger partial charge on any atom is -0.386 e. The third kappa shape index (κ3) is 3.78. The van der Waals surface area contributed by atoms with E-state index in [2.05, 4.69) is 0 Å². The van der Waals surface area contributed by atoms with E-state index in [0.29, 0.717) is 6.61 Å². The van der Waals surface area contributed by atoms with Gasteiger partial charge in [0, 0.05) is 4.88 Å². The van der Waals surface area contributed by atoms with Crippen LogP contribution in [-0.4, -0.2) is 17.3 Å². The van der Waals surface area contributed by atoms with Gasteiger partial charge in [0.25, 0.3) is 0 Å². The van der Waals surface area contributed by atoms with Crippen LogP contribution in [0.4, 0.5) is 0 Å². The number of aliphatic hydroxyl groups is 1. The van der Waals surface area contributed by atoms with E-state index in [-0.39, 0.29) is 5.60 Å². The van der Waals surface area contributed by atoms with Crippen LogP contribution in [0.2, 0.25) is 0 Å². The van der Waals surface area contributed by atoms with Gasteiger partial charge in [0.2, 0.25) is 0 Å². The molecule has 1 aromatic heterocycles. The van der Waals surface area contributed by atoms with Gasteiger partial charge in [0.1, 0.15) is 6.10 Å². The van der Waals surface area contributed by atoms with E-state index in [1.807, 2.05) is 39.1 Å². The molecule has 3 heteroatoms. The lowest BCUT2D eigenvalue weighted by molar-refractivity contribution is -0.0495. The zero-order valence-electron chi connectivity index (χ0n) is 9.20. The van der Waals surface area contributed by atoms with Crippen LogP contribution < -0.4 is 0 Å². The molecule has 0 saturated carbocycles. The molecule has 0 fully saturated rings. The van der Waals surface area contributed by atoms with Gasteiger partial charge in [0.15, 0.2) is 0 Å². The predicted molar refractivity (Wildman–Crippen MR) is 59.7 cm³/mol. The van der Waals surface area contributed by atoms with Crippen LogP contribution >= 0.6 is 11.3 Å². The highest BCUT2D eigenvalue weighted by atomic mass is 32.1. The first-order chi connectivity index (χ1) is 6.38. The van der Waals surface area contributed by atoms with Gasteiger partial charge >= 0.3 is 0 Å². The molecule has 1 heterocycles. The predicted octanol–water partition coefficient (Wildman–Crippen LogP) is 2.91. The van der Waals surface area contributed by atoms with E-state index in [1.54, 1.807) is 11.3 Å². The number of hydrogen-bond donors (Lipinski definition) is 1. The minimum atomic E-state index is -0.501. The summed E-state index contributed by atoms with van der Waals surface area (Å²) in [5.41, 5.74) is 0.767. The third-order valence-electron chi connectivity index (χ3n) is 1.81. The molecule has 1 rings (SSSR count). The van der Waals surface area contributed by atoms with Crippen LogP contribution in [0, 0.1) is 6.92 Å². The first-order valence-corrected chi connectivity index (χ1v) is 5.63. The van der Waals surface area contributed by atoms with Crippen LogP contribution in [0.15, 0.2) is 11.4 Å². The van der Waals surface area contributed by atoms with Crippen LogP contribution in [0.3, 0.4) is 0 Å². The lowest BCUT2D eigenvalue weighted by Gasteiger charge is -2.21. The number of rotatable bonds is 3. The fourth-order valence-electron chi connectivity index (χ4n) is 1.06. The van der Waals surface area contributed by atoms with Crippen LogP contribution in [-0.2, 0) is 4.74 Å². The van der Waals surface area contributed by atoms with Crippen molar-refractivity contribution < 1.29 is 9.84 Å². The topological polar surface area (TPSA) is 29.5 Å². The summed E-state index contributed by atoms with van der Waals surface area (Å²) in [5.74, 6) is 0. The summed E-state index contributed by atoms with van der Waals surface area (Å²) in [7, 11) is 0. The van der Waals surface area contributed by atoms with E-state index in [0.717, 1.165) is 5.56 Å². The third-order valence-corrected chi connectivity index (χ3v) is 2.69. The fourth-order valence-corrected chi connectivity index (χ4v) is 1.81. The maximum atomic E-state index is 9.78. The normalized spacial score (nSPS) is 14.4.